The monoisotopic (exact) mass is 252 g/mol. The summed E-state index contributed by atoms with van der Waals surface area (Å²) in [5, 5.41) is 0. The maximum Gasteiger partial charge on any atom is 0.330 e. The summed E-state index contributed by atoms with van der Waals surface area (Å²) in [7, 11) is 0. The van der Waals surface area contributed by atoms with Gasteiger partial charge in [0, 0.05) is 23.5 Å². The maximum absolute atomic E-state index is 11.7. The van der Waals surface area contributed by atoms with Crippen molar-refractivity contribution in [1.82, 2.24) is 9.38 Å². The number of aromatic nitrogens is 2. The highest BCUT2D eigenvalue weighted by Crippen LogP contribution is 2.24. The molecule has 0 aliphatic heterocycles. The standard InChI is InChI=1S/C15H12N2O2/c1-10(18)11-4-2-5-12(8-11)13-9-16-15(19)17-7-3-6-14(13)17/h2-9H,1H3,(H,16,19). The number of hydrogen-bond donors (Lipinski definition) is 1. The largest absolute Gasteiger partial charge is 0.330 e. The lowest BCUT2D eigenvalue weighted by Gasteiger charge is -2.06. The number of nitrogens with one attached hydrogen (secondary N) is 1. The van der Waals surface area contributed by atoms with Crippen LogP contribution in [0.15, 0.2) is 53.6 Å². The van der Waals surface area contributed by atoms with Crippen molar-refractivity contribution in [1.29, 1.82) is 0 Å². The zero-order valence-corrected chi connectivity index (χ0v) is 10.4. The average molecular weight is 252 g/mol. The van der Waals surface area contributed by atoms with Crippen molar-refractivity contribution < 1.29 is 4.79 Å². The van der Waals surface area contributed by atoms with Crippen LogP contribution < -0.4 is 5.69 Å². The minimum atomic E-state index is -0.175. The molecular formula is C15H12N2O2. The smallest absolute Gasteiger partial charge is 0.313 e. The molecule has 0 bridgehead atoms. The molecule has 0 aliphatic carbocycles. The molecule has 0 aliphatic rings. The van der Waals surface area contributed by atoms with E-state index >= 15 is 0 Å². The topological polar surface area (TPSA) is 54.3 Å². The Balaban J connectivity index is 2.27. The molecule has 0 spiro atoms. The summed E-state index contributed by atoms with van der Waals surface area (Å²) in [5.74, 6) is 0.0256. The van der Waals surface area contributed by atoms with Crippen molar-refractivity contribution in [2.24, 2.45) is 0 Å². The van der Waals surface area contributed by atoms with Crippen molar-refractivity contribution in [2.45, 2.75) is 6.92 Å². The van der Waals surface area contributed by atoms with Gasteiger partial charge in [0.25, 0.3) is 0 Å². The summed E-state index contributed by atoms with van der Waals surface area (Å²) in [5.41, 5.74) is 3.12. The molecule has 1 aromatic carbocycles. The van der Waals surface area contributed by atoms with Crippen LogP contribution in [0.25, 0.3) is 16.6 Å². The molecule has 2 heterocycles. The molecular weight excluding hydrogens is 240 g/mol. The number of Topliss-reactive ketones (excluding diaryl/α,β-unsaturated/α-hetero) is 1. The van der Waals surface area contributed by atoms with Crippen LogP contribution in [-0.4, -0.2) is 15.2 Å². The van der Waals surface area contributed by atoms with E-state index in [0.717, 1.165) is 16.6 Å². The molecule has 3 rings (SSSR count). The van der Waals surface area contributed by atoms with Gasteiger partial charge in [0.1, 0.15) is 0 Å². The van der Waals surface area contributed by atoms with Gasteiger partial charge < -0.3 is 4.98 Å². The van der Waals surface area contributed by atoms with Gasteiger partial charge in [-0.25, -0.2) is 4.79 Å². The van der Waals surface area contributed by atoms with E-state index in [1.54, 1.807) is 29.8 Å². The van der Waals surface area contributed by atoms with E-state index in [9.17, 15) is 9.59 Å². The van der Waals surface area contributed by atoms with E-state index in [2.05, 4.69) is 4.98 Å². The predicted molar refractivity (Wildman–Crippen MR) is 73.5 cm³/mol. The summed E-state index contributed by atoms with van der Waals surface area (Å²) in [4.78, 5) is 25.8. The highest BCUT2D eigenvalue weighted by atomic mass is 16.1. The fourth-order valence-corrected chi connectivity index (χ4v) is 2.19. The van der Waals surface area contributed by atoms with Crippen LogP contribution in [0, 0.1) is 0 Å². The Hall–Kier alpha value is -2.62. The molecule has 0 amide bonds. The third kappa shape index (κ3) is 1.87. The number of aromatic amines is 1. The molecule has 0 fully saturated rings. The summed E-state index contributed by atoms with van der Waals surface area (Å²) >= 11 is 0. The highest BCUT2D eigenvalue weighted by molar-refractivity contribution is 5.96. The van der Waals surface area contributed by atoms with Gasteiger partial charge in [-0.3, -0.25) is 9.20 Å². The molecule has 0 unspecified atom stereocenters. The molecule has 19 heavy (non-hydrogen) atoms. The third-order valence-electron chi connectivity index (χ3n) is 3.16. The number of carbonyl (C=O) groups is 1. The predicted octanol–water partition coefficient (Wildman–Crippen LogP) is 2.50. The van der Waals surface area contributed by atoms with Gasteiger partial charge in [-0.05, 0) is 30.7 Å². The van der Waals surface area contributed by atoms with Crippen LogP contribution in [0.5, 0.6) is 0 Å². The minimum absolute atomic E-state index is 0.0256. The fraction of sp³-hybridized carbons (Fsp3) is 0.0667. The molecule has 94 valence electrons. The van der Waals surface area contributed by atoms with E-state index < -0.39 is 0 Å². The SMILES string of the molecule is CC(=O)c1cccc(-c2c[nH]c(=O)n3cccc23)c1. The normalized spacial score (nSPS) is 10.8. The summed E-state index contributed by atoms with van der Waals surface area (Å²) in [6.07, 6.45) is 3.39. The van der Waals surface area contributed by atoms with Gasteiger partial charge in [-0.2, -0.15) is 0 Å². The lowest BCUT2D eigenvalue weighted by molar-refractivity contribution is 0.101. The molecule has 0 saturated heterocycles. The van der Waals surface area contributed by atoms with Crippen LogP contribution in [0.2, 0.25) is 0 Å². The van der Waals surface area contributed by atoms with Gasteiger partial charge >= 0.3 is 5.69 Å². The van der Waals surface area contributed by atoms with E-state index in [0.29, 0.717) is 5.56 Å². The van der Waals surface area contributed by atoms with Crippen LogP contribution in [0.1, 0.15) is 17.3 Å². The van der Waals surface area contributed by atoms with Gasteiger partial charge in [-0.1, -0.05) is 18.2 Å². The number of hydrogen-bond acceptors (Lipinski definition) is 2. The molecule has 0 radical (unpaired) electrons. The lowest BCUT2D eigenvalue weighted by Crippen LogP contribution is -2.14. The molecule has 0 saturated carbocycles. The first kappa shape index (κ1) is 11.5. The molecule has 4 nitrogen and oxygen atoms in total. The number of nitrogens with zero attached hydrogens (tertiary/aromatic N) is 1. The molecule has 3 aromatic rings. The Morgan fingerprint density at radius 1 is 1.21 bits per heavy atom. The number of carbonyl (C=O) groups excluding carboxylic acids is 1. The molecule has 4 heteroatoms. The van der Waals surface area contributed by atoms with Crippen molar-refractivity contribution in [3.05, 3.63) is 64.8 Å². The minimum Gasteiger partial charge on any atom is -0.313 e. The maximum atomic E-state index is 11.7. The van der Waals surface area contributed by atoms with Gasteiger partial charge in [0.2, 0.25) is 0 Å². The Bertz CT molecular complexity index is 827. The van der Waals surface area contributed by atoms with E-state index in [1.165, 1.54) is 0 Å². The number of ketones is 1. The van der Waals surface area contributed by atoms with Crippen molar-refractivity contribution in [2.75, 3.05) is 0 Å². The number of benzene rings is 1. The van der Waals surface area contributed by atoms with E-state index in [4.69, 9.17) is 0 Å². The number of fused-ring (bicyclic) bond motifs is 1. The van der Waals surface area contributed by atoms with Crippen molar-refractivity contribution >= 4 is 11.3 Å². The molecule has 0 atom stereocenters. The Morgan fingerprint density at radius 2 is 2.05 bits per heavy atom. The highest BCUT2D eigenvalue weighted by Gasteiger charge is 2.08. The number of H-pyrrole nitrogens is 1. The fourth-order valence-electron chi connectivity index (χ4n) is 2.19. The Labute approximate surface area is 109 Å². The van der Waals surface area contributed by atoms with E-state index in [1.807, 2.05) is 30.3 Å². The Kier molecular flexibility index (Phi) is 2.56. The van der Waals surface area contributed by atoms with Gasteiger partial charge in [0.15, 0.2) is 5.78 Å². The van der Waals surface area contributed by atoms with Gasteiger partial charge in [0.05, 0.1) is 5.52 Å². The van der Waals surface area contributed by atoms with Crippen molar-refractivity contribution in [3.8, 4) is 11.1 Å². The van der Waals surface area contributed by atoms with Crippen molar-refractivity contribution in [3.63, 3.8) is 0 Å². The first-order chi connectivity index (χ1) is 9.16. The zero-order chi connectivity index (χ0) is 13.4. The second kappa shape index (κ2) is 4.24. The molecule has 1 N–H and O–H groups in total. The second-order valence-corrected chi connectivity index (χ2v) is 4.41. The zero-order valence-electron chi connectivity index (χ0n) is 10.4. The van der Waals surface area contributed by atoms with Crippen LogP contribution in [-0.2, 0) is 0 Å². The Morgan fingerprint density at radius 3 is 2.84 bits per heavy atom. The lowest BCUT2D eigenvalue weighted by atomic mass is 10.0. The van der Waals surface area contributed by atoms with Crippen LogP contribution in [0.4, 0.5) is 0 Å². The summed E-state index contributed by atoms with van der Waals surface area (Å²) < 4.78 is 1.55. The molecule has 2 aromatic heterocycles. The van der Waals surface area contributed by atoms with Crippen LogP contribution in [0.3, 0.4) is 0 Å². The second-order valence-electron chi connectivity index (χ2n) is 4.41. The average Bonchev–Trinajstić information content (AvgIpc) is 2.89. The first-order valence-corrected chi connectivity index (χ1v) is 5.97. The third-order valence-corrected chi connectivity index (χ3v) is 3.16. The van der Waals surface area contributed by atoms with E-state index in [-0.39, 0.29) is 11.5 Å². The summed E-state index contributed by atoms with van der Waals surface area (Å²) in [6.45, 7) is 1.54. The first-order valence-electron chi connectivity index (χ1n) is 5.97. The summed E-state index contributed by atoms with van der Waals surface area (Å²) in [6, 6.07) is 11.1. The number of rotatable bonds is 2. The van der Waals surface area contributed by atoms with Crippen LogP contribution >= 0.6 is 0 Å². The quantitative estimate of drug-likeness (QED) is 0.712. The van der Waals surface area contributed by atoms with Gasteiger partial charge in [-0.15, -0.1) is 0 Å².